The van der Waals surface area contributed by atoms with Gasteiger partial charge in [-0.2, -0.15) is 13.2 Å². The molecule has 0 aromatic heterocycles. The fraction of sp³-hybridized carbons (Fsp3) is 0.567. The maximum Gasteiger partial charge on any atom is 0.416 e. The molecule has 0 unspecified atom stereocenters. The fourth-order valence-electron chi connectivity index (χ4n) is 5.49. The summed E-state index contributed by atoms with van der Waals surface area (Å²) < 4.78 is 41.0. The molecule has 38 heavy (non-hydrogen) atoms. The van der Waals surface area contributed by atoms with Crippen LogP contribution in [0.15, 0.2) is 42.5 Å². The topological polar surface area (TPSA) is 38.8 Å². The minimum absolute atomic E-state index is 0.0583. The minimum atomic E-state index is -4.46. The lowest BCUT2D eigenvalue weighted by molar-refractivity contribution is -0.139. The van der Waals surface area contributed by atoms with E-state index in [1.165, 1.54) is 55.5 Å². The van der Waals surface area contributed by atoms with Crippen LogP contribution in [-0.2, 0) is 30.5 Å². The van der Waals surface area contributed by atoms with Gasteiger partial charge in [0.15, 0.2) is 0 Å². The number of halogens is 3. The molecule has 5 nitrogen and oxygen atoms in total. The molecule has 1 heterocycles. The molecule has 206 valence electrons. The van der Waals surface area contributed by atoms with Gasteiger partial charge in [-0.3, -0.25) is 9.69 Å². The third kappa shape index (κ3) is 7.29. The molecule has 5 rings (SSSR count). The second-order valence-electron chi connectivity index (χ2n) is 11.4. The number of benzene rings is 2. The standard InChI is InChI=1S/C30H39F3N4O/c1-35(18-22-9-10-22)15-16-37(21-25-5-2-3-7-27(25)30(31,32)33)29(38)17-34-28-8-4-6-24-20-36(14-13-26(24)28)19-23-11-12-23/h2-8,22-23,34H,9-21H2,1H3. The zero-order chi connectivity index (χ0) is 26.7. The van der Waals surface area contributed by atoms with Crippen LogP contribution < -0.4 is 5.32 Å². The Balaban J connectivity index is 1.25. The molecule has 0 saturated heterocycles. The summed E-state index contributed by atoms with van der Waals surface area (Å²) in [5, 5.41) is 3.34. The van der Waals surface area contributed by atoms with Crippen LogP contribution in [-0.4, -0.2) is 66.9 Å². The van der Waals surface area contributed by atoms with Crippen molar-refractivity contribution in [2.45, 2.75) is 51.4 Å². The number of anilines is 1. The van der Waals surface area contributed by atoms with Crippen LogP contribution in [0.4, 0.5) is 18.9 Å². The molecule has 1 amide bonds. The fourth-order valence-corrected chi connectivity index (χ4v) is 5.49. The van der Waals surface area contributed by atoms with Gasteiger partial charge in [0.1, 0.15) is 0 Å². The van der Waals surface area contributed by atoms with Gasteiger partial charge < -0.3 is 15.1 Å². The van der Waals surface area contributed by atoms with Crippen molar-refractivity contribution in [1.82, 2.24) is 14.7 Å². The normalized spacial score (nSPS) is 17.9. The molecule has 0 atom stereocenters. The van der Waals surface area contributed by atoms with E-state index in [0.29, 0.717) is 19.0 Å². The smallest absolute Gasteiger partial charge is 0.376 e. The van der Waals surface area contributed by atoms with Gasteiger partial charge in [-0.05, 0) is 79.8 Å². The Morgan fingerprint density at radius 2 is 1.79 bits per heavy atom. The van der Waals surface area contributed by atoms with Crippen molar-refractivity contribution < 1.29 is 18.0 Å². The first-order chi connectivity index (χ1) is 18.3. The maximum absolute atomic E-state index is 13.7. The number of likely N-dealkylation sites (N-methyl/N-ethyl adjacent to an activating group) is 1. The highest BCUT2D eigenvalue weighted by Gasteiger charge is 2.34. The van der Waals surface area contributed by atoms with Crippen LogP contribution in [0.25, 0.3) is 0 Å². The van der Waals surface area contributed by atoms with Crippen LogP contribution in [0.3, 0.4) is 0 Å². The summed E-state index contributed by atoms with van der Waals surface area (Å²) in [5.74, 6) is 1.37. The van der Waals surface area contributed by atoms with E-state index in [1.807, 2.05) is 19.2 Å². The van der Waals surface area contributed by atoms with E-state index in [-0.39, 0.29) is 24.6 Å². The van der Waals surface area contributed by atoms with Crippen molar-refractivity contribution >= 4 is 11.6 Å². The third-order valence-electron chi connectivity index (χ3n) is 8.04. The van der Waals surface area contributed by atoms with Gasteiger partial charge in [0, 0.05) is 51.5 Å². The van der Waals surface area contributed by atoms with Crippen LogP contribution in [0.1, 0.15) is 47.9 Å². The van der Waals surface area contributed by atoms with Crippen molar-refractivity contribution in [1.29, 1.82) is 0 Å². The summed E-state index contributed by atoms with van der Waals surface area (Å²) in [4.78, 5) is 19.7. The molecular weight excluding hydrogens is 489 g/mol. The average Bonchev–Trinajstić information content (AvgIpc) is 3.82. The van der Waals surface area contributed by atoms with E-state index >= 15 is 0 Å². The van der Waals surface area contributed by atoms with Crippen LogP contribution in [0.2, 0.25) is 0 Å². The van der Waals surface area contributed by atoms with Crippen LogP contribution in [0.5, 0.6) is 0 Å². The van der Waals surface area contributed by atoms with Gasteiger partial charge in [-0.1, -0.05) is 30.3 Å². The summed E-state index contributed by atoms with van der Waals surface area (Å²) >= 11 is 0. The molecule has 3 aliphatic rings. The second kappa shape index (κ2) is 11.7. The molecule has 0 bridgehead atoms. The van der Waals surface area contributed by atoms with Crippen molar-refractivity contribution in [3.63, 3.8) is 0 Å². The Hall–Kier alpha value is -2.58. The SMILES string of the molecule is CN(CCN(Cc1ccccc1C(F)(F)F)C(=O)CNc1cccc2c1CCN(CC1CC1)C2)CC1CC1. The summed E-state index contributed by atoms with van der Waals surface area (Å²) in [6, 6.07) is 11.8. The number of nitrogens with zero attached hydrogens (tertiary/aromatic N) is 3. The summed E-state index contributed by atoms with van der Waals surface area (Å²) in [6.07, 6.45) is 1.63. The Kier molecular flexibility index (Phi) is 8.29. The summed E-state index contributed by atoms with van der Waals surface area (Å²) in [7, 11) is 2.02. The first-order valence-corrected chi connectivity index (χ1v) is 13.9. The summed E-state index contributed by atoms with van der Waals surface area (Å²) in [6.45, 7) is 5.10. The first-order valence-electron chi connectivity index (χ1n) is 13.9. The number of hydrogen-bond donors (Lipinski definition) is 1. The van der Waals surface area contributed by atoms with E-state index in [9.17, 15) is 18.0 Å². The van der Waals surface area contributed by atoms with Crippen molar-refractivity contribution in [2.24, 2.45) is 11.8 Å². The largest absolute Gasteiger partial charge is 0.416 e. The quantitative estimate of drug-likeness (QED) is 0.408. The summed E-state index contributed by atoms with van der Waals surface area (Å²) in [5.41, 5.74) is 2.97. The predicted molar refractivity (Wildman–Crippen MR) is 144 cm³/mol. The average molecular weight is 529 g/mol. The highest BCUT2D eigenvalue weighted by molar-refractivity contribution is 5.81. The number of carbonyl (C=O) groups excluding carboxylic acids is 1. The number of hydrogen-bond acceptors (Lipinski definition) is 4. The van der Waals surface area contributed by atoms with Crippen molar-refractivity contribution in [2.75, 3.05) is 51.6 Å². The number of nitrogens with one attached hydrogen (secondary N) is 1. The van der Waals surface area contributed by atoms with Gasteiger partial charge in [-0.25, -0.2) is 0 Å². The van der Waals surface area contributed by atoms with E-state index in [2.05, 4.69) is 21.2 Å². The number of alkyl halides is 3. The zero-order valence-electron chi connectivity index (χ0n) is 22.3. The van der Waals surface area contributed by atoms with Gasteiger partial charge in [0.05, 0.1) is 12.1 Å². The molecule has 2 aromatic rings. The second-order valence-corrected chi connectivity index (χ2v) is 11.4. The van der Waals surface area contributed by atoms with Gasteiger partial charge in [0.2, 0.25) is 5.91 Å². The third-order valence-corrected chi connectivity index (χ3v) is 8.04. The molecule has 0 spiro atoms. The van der Waals surface area contributed by atoms with E-state index < -0.39 is 11.7 Å². The van der Waals surface area contributed by atoms with Gasteiger partial charge in [-0.15, -0.1) is 0 Å². The molecule has 0 radical (unpaired) electrons. The Bertz CT molecular complexity index is 1110. The lowest BCUT2D eigenvalue weighted by Crippen LogP contribution is -2.41. The number of carbonyl (C=O) groups is 1. The molecule has 1 aliphatic heterocycles. The molecule has 8 heteroatoms. The zero-order valence-corrected chi connectivity index (χ0v) is 22.3. The number of rotatable bonds is 12. The van der Waals surface area contributed by atoms with Crippen LogP contribution >= 0.6 is 0 Å². The molecule has 2 saturated carbocycles. The van der Waals surface area contributed by atoms with Crippen LogP contribution in [0, 0.1) is 11.8 Å². The maximum atomic E-state index is 13.7. The molecule has 2 aliphatic carbocycles. The van der Waals surface area contributed by atoms with E-state index in [1.54, 1.807) is 11.0 Å². The number of amides is 1. The van der Waals surface area contributed by atoms with Crippen molar-refractivity contribution in [3.05, 3.63) is 64.7 Å². The minimum Gasteiger partial charge on any atom is -0.376 e. The lowest BCUT2D eigenvalue weighted by atomic mass is 9.97. The molecule has 1 N–H and O–H groups in total. The van der Waals surface area contributed by atoms with E-state index in [0.717, 1.165) is 43.7 Å². The lowest BCUT2D eigenvalue weighted by Gasteiger charge is -2.31. The van der Waals surface area contributed by atoms with E-state index in [4.69, 9.17) is 0 Å². The first kappa shape index (κ1) is 27.0. The predicted octanol–water partition coefficient (Wildman–Crippen LogP) is 5.26. The molecule has 2 fully saturated rings. The Labute approximate surface area is 224 Å². The van der Waals surface area contributed by atoms with Gasteiger partial charge >= 0.3 is 6.18 Å². The highest BCUT2D eigenvalue weighted by Crippen LogP contribution is 2.34. The highest BCUT2D eigenvalue weighted by atomic mass is 19.4. The van der Waals surface area contributed by atoms with Gasteiger partial charge in [0.25, 0.3) is 0 Å². The molecular formula is C30H39F3N4O. The number of fused-ring (bicyclic) bond motifs is 1. The monoisotopic (exact) mass is 528 g/mol. The Morgan fingerprint density at radius 1 is 1.03 bits per heavy atom. The molecule has 2 aromatic carbocycles. The van der Waals surface area contributed by atoms with Crippen molar-refractivity contribution in [3.8, 4) is 0 Å². The Morgan fingerprint density at radius 3 is 2.53 bits per heavy atom.